The van der Waals surface area contributed by atoms with E-state index in [0.717, 1.165) is 5.69 Å². The van der Waals surface area contributed by atoms with E-state index in [4.69, 9.17) is 0 Å². The predicted octanol–water partition coefficient (Wildman–Crippen LogP) is 1.94. The second kappa shape index (κ2) is 3.67. The summed E-state index contributed by atoms with van der Waals surface area (Å²) in [5.41, 5.74) is 1.11. The Bertz CT molecular complexity index is 312. The maximum absolute atomic E-state index is 11.1. The third kappa shape index (κ3) is 1.82. The van der Waals surface area contributed by atoms with Gasteiger partial charge < -0.3 is 4.74 Å². The average Bonchev–Trinajstić information content (AvgIpc) is 2.08. The number of carbonyl (C=O) groups is 1. The number of nitrogens with zero attached hydrogens (tertiary/aromatic N) is 1. The molecule has 0 aromatic carbocycles. The molecule has 1 aromatic rings. The summed E-state index contributed by atoms with van der Waals surface area (Å²) in [4.78, 5) is 15.1. The van der Waals surface area contributed by atoms with Crippen molar-refractivity contribution in [2.24, 2.45) is 0 Å². The fourth-order valence-corrected chi connectivity index (χ4v) is 1.16. The Morgan fingerprint density at radius 1 is 1.58 bits per heavy atom. The number of halogens is 1. The van der Waals surface area contributed by atoms with Gasteiger partial charge in [0, 0.05) is 5.69 Å². The quantitative estimate of drug-likeness (QED) is 0.692. The number of carbonyl (C=O) groups excluding carboxylic acids is 1. The van der Waals surface area contributed by atoms with E-state index < -0.39 is 5.97 Å². The monoisotopic (exact) mass is 229 g/mol. The van der Waals surface area contributed by atoms with E-state index in [9.17, 15) is 4.79 Å². The minimum Gasteiger partial charge on any atom is -0.464 e. The molecule has 12 heavy (non-hydrogen) atoms. The summed E-state index contributed by atoms with van der Waals surface area (Å²) in [6.45, 7) is 1.82. The Kier molecular flexibility index (Phi) is 2.81. The number of esters is 1. The number of methoxy groups -OCH3 is 1. The zero-order valence-electron chi connectivity index (χ0n) is 6.80. The standard InChI is InChI=1S/C8H8BrNO2/c1-5-3-4-6(9)7(10-5)8(11)12-2/h3-4H,1-2H3. The molecule has 0 unspecified atom stereocenters. The van der Waals surface area contributed by atoms with Crippen molar-refractivity contribution in [1.82, 2.24) is 4.98 Å². The Labute approximate surface area is 78.9 Å². The lowest BCUT2D eigenvalue weighted by Gasteiger charge is -2.01. The van der Waals surface area contributed by atoms with Gasteiger partial charge in [0.05, 0.1) is 11.6 Å². The Morgan fingerprint density at radius 2 is 2.25 bits per heavy atom. The number of ether oxygens (including phenoxy) is 1. The minimum atomic E-state index is -0.425. The molecule has 0 spiro atoms. The summed E-state index contributed by atoms with van der Waals surface area (Å²) in [5, 5.41) is 0. The molecule has 0 aliphatic carbocycles. The van der Waals surface area contributed by atoms with E-state index in [2.05, 4.69) is 25.7 Å². The van der Waals surface area contributed by atoms with Crippen LogP contribution in [0, 0.1) is 6.92 Å². The smallest absolute Gasteiger partial charge is 0.357 e. The SMILES string of the molecule is COC(=O)c1nc(C)ccc1Br. The van der Waals surface area contributed by atoms with Gasteiger partial charge in [-0.2, -0.15) is 0 Å². The van der Waals surface area contributed by atoms with Gasteiger partial charge >= 0.3 is 5.97 Å². The molecule has 0 fully saturated rings. The molecule has 3 nitrogen and oxygen atoms in total. The first-order valence-electron chi connectivity index (χ1n) is 3.36. The van der Waals surface area contributed by atoms with Crippen LogP contribution in [0.2, 0.25) is 0 Å². The van der Waals surface area contributed by atoms with Crippen LogP contribution in [0.25, 0.3) is 0 Å². The first kappa shape index (κ1) is 9.19. The molecule has 1 rings (SSSR count). The Morgan fingerprint density at radius 3 is 2.83 bits per heavy atom. The van der Waals surface area contributed by atoms with Crippen molar-refractivity contribution in [3.63, 3.8) is 0 Å². The van der Waals surface area contributed by atoms with Crippen molar-refractivity contribution in [1.29, 1.82) is 0 Å². The molecule has 0 N–H and O–H groups in total. The van der Waals surface area contributed by atoms with Crippen LogP contribution in [0.15, 0.2) is 16.6 Å². The maximum atomic E-state index is 11.1. The summed E-state index contributed by atoms with van der Waals surface area (Å²) in [5.74, 6) is -0.425. The number of aryl methyl sites for hydroxylation is 1. The fraction of sp³-hybridized carbons (Fsp3) is 0.250. The molecule has 1 heterocycles. The summed E-state index contributed by atoms with van der Waals surface area (Å²) in [6, 6.07) is 3.59. The van der Waals surface area contributed by atoms with E-state index in [1.807, 2.05) is 13.0 Å². The molecule has 1 aromatic heterocycles. The molecule has 0 saturated carbocycles. The van der Waals surface area contributed by atoms with Crippen LogP contribution in [0.1, 0.15) is 16.2 Å². The molecule has 0 bridgehead atoms. The molecule has 0 atom stereocenters. The lowest BCUT2D eigenvalue weighted by Crippen LogP contribution is -2.05. The van der Waals surface area contributed by atoms with Crippen molar-refractivity contribution in [3.8, 4) is 0 Å². The fourth-order valence-electron chi connectivity index (χ4n) is 0.780. The van der Waals surface area contributed by atoms with Gasteiger partial charge in [0.1, 0.15) is 0 Å². The van der Waals surface area contributed by atoms with E-state index >= 15 is 0 Å². The van der Waals surface area contributed by atoms with Gasteiger partial charge in [0.15, 0.2) is 5.69 Å². The summed E-state index contributed by atoms with van der Waals surface area (Å²) >= 11 is 3.21. The van der Waals surface area contributed by atoms with Crippen LogP contribution in [0.3, 0.4) is 0 Å². The molecule has 0 saturated heterocycles. The topological polar surface area (TPSA) is 39.2 Å². The van der Waals surface area contributed by atoms with E-state index in [1.54, 1.807) is 6.07 Å². The second-order valence-electron chi connectivity index (χ2n) is 2.27. The highest BCUT2D eigenvalue weighted by atomic mass is 79.9. The van der Waals surface area contributed by atoms with Gasteiger partial charge in [-0.15, -0.1) is 0 Å². The summed E-state index contributed by atoms with van der Waals surface area (Å²) < 4.78 is 5.19. The Hall–Kier alpha value is -0.900. The molecule has 4 heteroatoms. The lowest BCUT2D eigenvalue weighted by molar-refractivity contribution is 0.0592. The molecule has 0 aliphatic heterocycles. The van der Waals surface area contributed by atoms with E-state index in [-0.39, 0.29) is 0 Å². The largest absolute Gasteiger partial charge is 0.464 e. The molecular formula is C8H8BrNO2. The lowest BCUT2D eigenvalue weighted by atomic mass is 10.3. The zero-order chi connectivity index (χ0) is 9.14. The van der Waals surface area contributed by atoms with Gasteiger partial charge in [-0.1, -0.05) is 0 Å². The number of hydrogen-bond acceptors (Lipinski definition) is 3. The van der Waals surface area contributed by atoms with Crippen molar-refractivity contribution < 1.29 is 9.53 Å². The second-order valence-corrected chi connectivity index (χ2v) is 3.13. The van der Waals surface area contributed by atoms with Gasteiger partial charge in [-0.25, -0.2) is 9.78 Å². The number of aromatic nitrogens is 1. The van der Waals surface area contributed by atoms with Crippen LogP contribution in [-0.4, -0.2) is 18.1 Å². The number of pyridine rings is 1. The molecule has 64 valence electrons. The average molecular weight is 230 g/mol. The van der Waals surface area contributed by atoms with Crippen LogP contribution >= 0.6 is 15.9 Å². The van der Waals surface area contributed by atoms with Gasteiger partial charge in [0.25, 0.3) is 0 Å². The van der Waals surface area contributed by atoms with Gasteiger partial charge in [-0.3, -0.25) is 0 Å². The summed E-state index contributed by atoms with van der Waals surface area (Å²) in [7, 11) is 1.33. The third-order valence-corrected chi connectivity index (χ3v) is 2.00. The molecular weight excluding hydrogens is 222 g/mol. The molecule has 0 amide bonds. The first-order valence-corrected chi connectivity index (χ1v) is 4.16. The number of rotatable bonds is 1. The van der Waals surface area contributed by atoms with Crippen LogP contribution in [0.4, 0.5) is 0 Å². The zero-order valence-corrected chi connectivity index (χ0v) is 8.38. The van der Waals surface area contributed by atoms with E-state index in [1.165, 1.54) is 7.11 Å². The number of hydrogen-bond donors (Lipinski definition) is 0. The predicted molar refractivity (Wildman–Crippen MR) is 48.0 cm³/mol. The Balaban J connectivity index is 3.13. The van der Waals surface area contributed by atoms with Crippen molar-refractivity contribution >= 4 is 21.9 Å². The van der Waals surface area contributed by atoms with Crippen molar-refractivity contribution in [2.45, 2.75) is 6.92 Å². The van der Waals surface area contributed by atoms with Crippen LogP contribution in [-0.2, 0) is 4.74 Å². The molecule has 0 aliphatic rings. The summed E-state index contributed by atoms with van der Waals surface area (Å²) in [6.07, 6.45) is 0. The minimum absolute atomic E-state index is 0.317. The van der Waals surface area contributed by atoms with Crippen LogP contribution < -0.4 is 0 Å². The van der Waals surface area contributed by atoms with Gasteiger partial charge in [0.2, 0.25) is 0 Å². The van der Waals surface area contributed by atoms with E-state index in [0.29, 0.717) is 10.2 Å². The highest BCUT2D eigenvalue weighted by molar-refractivity contribution is 9.10. The molecule has 0 radical (unpaired) electrons. The highest BCUT2D eigenvalue weighted by Gasteiger charge is 2.11. The highest BCUT2D eigenvalue weighted by Crippen LogP contribution is 2.15. The van der Waals surface area contributed by atoms with Crippen molar-refractivity contribution in [2.75, 3.05) is 7.11 Å². The van der Waals surface area contributed by atoms with Crippen molar-refractivity contribution in [3.05, 3.63) is 28.0 Å². The third-order valence-electron chi connectivity index (χ3n) is 1.36. The van der Waals surface area contributed by atoms with Crippen LogP contribution in [0.5, 0.6) is 0 Å². The van der Waals surface area contributed by atoms with Gasteiger partial charge in [-0.05, 0) is 35.0 Å². The normalized spacial score (nSPS) is 9.58. The first-order chi connectivity index (χ1) is 5.65. The maximum Gasteiger partial charge on any atom is 0.357 e.